The summed E-state index contributed by atoms with van der Waals surface area (Å²) in [5.41, 5.74) is 6.54. The summed E-state index contributed by atoms with van der Waals surface area (Å²) in [7, 11) is 1.64. The van der Waals surface area contributed by atoms with Gasteiger partial charge in [0.25, 0.3) is 0 Å². The van der Waals surface area contributed by atoms with Gasteiger partial charge in [0.15, 0.2) is 10.9 Å². The van der Waals surface area contributed by atoms with E-state index >= 15 is 0 Å². The Morgan fingerprint density at radius 1 is 1.38 bits per heavy atom. The van der Waals surface area contributed by atoms with Gasteiger partial charge in [-0.25, -0.2) is 0 Å². The van der Waals surface area contributed by atoms with Crippen molar-refractivity contribution in [1.29, 1.82) is 0 Å². The fourth-order valence-corrected chi connectivity index (χ4v) is 1.74. The summed E-state index contributed by atoms with van der Waals surface area (Å²) in [6.45, 7) is 0. The van der Waals surface area contributed by atoms with Crippen LogP contribution in [0.4, 0.5) is 5.82 Å². The number of nitrogens with two attached hydrogens (primary N) is 1. The first kappa shape index (κ1) is 10.7. The maximum atomic E-state index is 12.1. The van der Waals surface area contributed by atoms with E-state index in [2.05, 4.69) is 5.10 Å². The van der Waals surface area contributed by atoms with Crippen molar-refractivity contribution in [2.24, 2.45) is 7.05 Å². The fourth-order valence-electron chi connectivity index (χ4n) is 1.45. The average Bonchev–Trinajstić information content (AvgIpc) is 2.54. The summed E-state index contributed by atoms with van der Waals surface area (Å²) in [5, 5.41) is 4.03. The molecule has 2 aromatic rings. The van der Waals surface area contributed by atoms with Crippen LogP contribution in [-0.2, 0) is 7.05 Å². The Hall–Kier alpha value is -1.81. The van der Waals surface area contributed by atoms with Gasteiger partial charge < -0.3 is 5.73 Å². The topological polar surface area (TPSA) is 60.9 Å². The van der Waals surface area contributed by atoms with Crippen LogP contribution in [0.25, 0.3) is 0 Å². The molecular formula is C11H10ClN3O. The summed E-state index contributed by atoms with van der Waals surface area (Å²) in [6.07, 6.45) is 0. The number of benzene rings is 1. The number of hydrogen-bond donors (Lipinski definition) is 1. The fraction of sp³-hybridized carbons (Fsp3) is 0.0909. The number of nitrogens with zero attached hydrogens (tertiary/aromatic N) is 2. The third-order valence-electron chi connectivity index (χ3n) is 2.31. The van der Waals surface area contributed by atoms with Crippen LogP contribution in [0.2, 0.25) is 5.15 Å². The third kappa shape index (κ3) is 1.67. The normalized spacial score (nSPS) is 10.4. The molecule has 0 fully saturated rings. The summed E-state index contributed by atoms with van der Waals surface area (Å²) < 4.78 is 1.39. The van der Waals surface area contributed by atoms with Crippen molar-refractivity contribution in [3.05, 3.63) is 46.6 Å². The van der Waals surface area contributed by atoms with Crippen molar-refractivity contribution < 1.29 is 4.79 Å². The molecule has 0 radical (unpaired) electrons. The first-order valence-corrected chi connectivity index (χ1v) is 5.06. The van der Waals surface area contributed by atoms with E-state index in [4.69, 9.17) is 17.3 Å². The number of rotatable bonds is 2. The molecule has 5 heteroatoms. The second-order valence-corrected chi connectivity index (χ2v) is 3.73. The molecule has 1 aromatic carbocycles. The zero-order valence-electron chi connectivity index (χ0n) is 8.64. The van der Waals surface area contributed by atoms with Crippen molar-refractivity contribution in [3.63, 3.8) is 0 Å². The van der Waals surface area contributed by atoms with Gasteiger partial charge in [-0.1, -0.05) is 41.9 Å². The monoisotopic (exact) mass is 235 g/mol. The van der Waals surface area contributed by atoms with Crippen molar-refractivity contribution in [2.45, 2.75) is 0 Å². The van der Waals surface area contributed by atoms with E-state index in [0.29, 0.717) is 5.56 Å². The van der Waals surface area contributed by atoms with Crippen LogP contribution in [0.1, 0.15) is 15.9 Å². The number of hydrogen-bond acceptors (Lipinski definition) is 3. The van der Waals surface area contributed by atoms with Crippen LogP contribution in [0, 0.1) is 0 Å². The molecule has 16 heavy (non-hydrogen) atoms. The van der Waals surface area contributed by atoms with Crippen LogP contribution < -0.4 is 5.73 Å². The van der Waals surface area contributed by atoms with E-state index in [1.165, 1.54) is 4.68 Å². The number of anilines is 1. The Morgan fingerprint density at radius 2 is 2.00 bits per heavy atom. The molecule has 2 N–H and O–H groups in total. The first-order chi connectivity index (χ1) is 7.61. The Labute approximate surface area is 97.6 Å². The molecule has 4 nitrogen and oxygen atoms in total. The molecular weight excluding hydrogens is 226 g/mol. The molecule has 1 heterocycles. The summed E-state index contributed by atoms with van der Waals surface area (Å²) in [5.74, 6) is 0.0649. The highest BCUT2D eigenvalue weighted by atomic mass is 35.5. The molecule has 0 aliphatic rings. The second-order valence-electron chi connectivity index (χ2n) is 3.37. The zero-order chi connectivity index (χ0) is 11.7. The Kier molecular flexibility index (Phi) is 2.66. The van der Waals surface area contributed by atoms with Gasteiger partial charge in [0, 0.05) is 12.6 Å². The van der Waals surface area contributed by atoms with Crippen molar-refractivity contribution in [3.8, 4) is 0 Å². The third-order valence-corrected chi connectivity index (χ3v) is 2.58. The number of aryl methyl sites for hydroxylation is 1. The number of carbonyl (C=O) groups is 1. The van der Waals surface area contributed by atoms with Gasteiger partial charge in [0.2, 0.25) is 0 Å². The molecule has 0 saturated heterocycles. The maximum Gasteiger partial charge on any atom is 0.199 e. The number of ketones is 1. The predicted molar refractivity (Wildman–Crippen MR) is 62.5 cm³/mol. The van der Waals surface area contributed by atoms with E-state index in [1.807, 2.05) is 6.07 Å². The van der Waals surface area contributed by atoms with E-state index in [0.717, 1.165) is 0 Å². The average molecular weight is 236 g/mol. The summed E-state index contributed by atoms with van der Waals surface area (Å²) in [4.78, 5) is 12.1. The van der Waals surface area contributed by atoms with Gasteiger partial charge in [-0.15, -0.1) is 0 Å². The lowest BCUT2D eigenvalue weighted by molar-refractivity contribution is 0.103. The molecule has 0 atom stereocenters. The minimum Gasteiger partial charge on any atom is -0.383 e. The lowest BCUT2D eigenvalue weighted by atomic mass is 10.1. The van der Waals surface area contributed by atoms with Crippen molar-refractivity contribution >= 4 is 23.2 Å². The van der Waals surface area contributed by atoms with Gasteiger partial charge in [0.05, 0.1) is 0 Å². The molecule has 1 aromatic heterocycles. The molecule has 0 bridgehead atoms. The van der Waals surface area contributed by atoms with Crippen LogP contribution in [-0.4, -0.2) is 15.6 Å². The minimum atomic E-state index is -0.212. The molecule has 0 aliphatic heterocycles. The van der Waals surface area contributed by atoms with Gasteiger partial charge in [-0.2, -0.15) is 5.10 Å². The van der Waals surface area contributed by atoms with E-state index < -0.39 is 0 Å². The lowest BCUT2D eigenvalue weighted by Crippen LogP contribution is -2.06. The van der Waals surface area contributed by atoms with E-state index in [-0.39, 0.29) is 22.3 Å². The Balaban J connectivity index is 2.50. The van der Waals surface area contributed by atoms with Crippen molar-refractivity contribution in [1.82, 2.24) is 9.78 Å². The lowest BCUT2D eigenvalue weighted by Gasteiger charge is -2.00. The van der Waals surface area contributed by atoms with E-state index in [9.17, 15) is 4.79 Å². The van der Waals surface area contributed by atoms with Crippen LogP contribution >= 0.6 is 11.6 Å². The molecule has 0 aliphatic carbocycles. The summed E-state index contributed by atoms with van der Waals surface area (Å²) in [6, 6.07) is 8.84. The quantitative estimate of drug-likeness (QED) is 0.809. The standard InChI is InChI=1S/C11H10ClN3O/c1-15-11(13)8(10(12)14-15)9(16)7-5-3-2-4-6-7/h2-6H,13H2,1H3. The molecule has 2 rings (SSSR count). The minimum absolute atomic E-state index is 0.133. The largest absolute Gasteiger partial charge is 0.383 e. The van der Waals surface area contributed by atoms with Gasteiger partial charge in [0.1, 0.15) is 11.4 Å². The predicted octanol–water partition coefficient (Wildman–Crippen LogP) is 1.89. The van der Waals surface area contributed by atoms with Crippen LogP contribution in [0.3, 0.4) is 0 Å². The van der Waals surface area contributed by atoms with Crippen LogP contribution in [0.15, 0.2) is 30.3 Å². The molecule has 0 amide bonds. The SMILES string of the molecule is Cn1nc(Cl)c(C(=O)c2ccccc2)c1N. The Bertz CT molecular complexity index is 534. The van der Waals surface area contributed by atoms with Crippen molar-refractivity contribution in [2.75, 3.05) is 5.73 Å². The van der Waals surface area contributed by atoms with Gasteiger partial charge in [-0.05, 0) is 0 Å². The smallest absolute Gasteiger partial charge is 0.199 e. The van der Waals surface area contributed by atoms with E-state index in [1.54, 1.807) is 31.3 Å². The highest BCUT2D eigenvalue weighted by Crippen LogP contribution is 2.23. The number of halogens is 1. The van der Waals surface area contributed by atoms with Gasteiger partial charge in [-0.3, -0.25) is 9.48 Å². The number of aromatic nitrogens is 2. The zero-order valence-corrected chi connectivity index (χ0v) is 9.40. The first-order valence-electron chi connectivity index (χ1n) is 4.69. The molecule has 0 unspecified atom stereocenters. The highest BCUT2D eigenvalue weighted by Gasteiger charge is 2.20. The van der Waals surface area contributed by atoms with Gasteiger partial charge >= 0.3 is 0 Å². The van der Waals surface area contributed by atoms with Crippen LogP contribution in [0.5, 0.6) is 0 Å². The number of carbonyl (C=O) groups excluding carboxylic acids is 1. The second kappa shape index (κ2) is 3.98. The molecule has 0 spiro atoms. The Morgan fingerprint density at radius 3 is 2.50 bits per heavy atom. The summed E-state index contributed by atoms with van der Waals surface area (Å²) >= 11 is 5.86. The maximum absolute atomic E-state index is 12.1. The highest BCUT2D eigenvalue weighted by molar-refractivity contribution is 6.34. The molecule has 0 saturated carbocycles. The molecule has 82 valence electrons. The number of nitrogen functional groups attached to an aromatic ring is 1.